The third kappa shape index (κ3) is 4.80. The number of ether oxygens (including phenoxy) is 1. The number of anilines is 1. The summed E-state index contributed by atoms with van der Waals surface area (Å²) in [5.74, 6) is -0.627. The van der Waals surface area contributed by atoms with Gasteiger partial charge in [-0.05, 0) is 62.2 Å². The molecule has 4 amide bonds. The van der Waals surface area contributed by atoms with Gasteiger partial charge >= 0.3 is 6.03 Å². The number of halogens is 1. The number of hydrogen-bond donors (Lipinski definition) is 1. The standard InChI is InChI=1S/C30H26ClN3O4/c1-18-8-11-27(20(3)14-18)38-13-12-33-17-21(23-6-4-5-7-26(23)33)15-24-28(35)32-30(37)34(29(24)36)22-10-9-19(2)25(31)16-22/h4-11,14-17H,12-13H2,1-3H3,(H,32,35,37)/b24-15-. The zero-order chi connectivity index (χ0) is 27.0. The minimum Gasteiger partial charge on any atom is -0.491 e. The first-order chi connectivity index (χ1) is 18.2. The molecule has 7 nitrogen and oxygen atoms in total. The molecule has 38 heavy (non-hydrogen) atoms. The molecule has 192 valence electrons. The average molecular weight is 528 g/mol. The van der Waals surface area contributed by atoms with Crippen molar-refractivity contribution in [2.45, 2.75) is 27.3 Å². The molecule has 0 aliphatic carbocycles. The molecule has 1 fully saturated rings. The van der Waals surface area contributed by atoms with E-state index in [0.29, 0.717) is 23.7 Å². The number of barbiturate groups is 1. The van der Waals surface area contributed by atoms with Gasteiger partial charge in [-0.15, -0.1) is 0 Å². The first-order valence-corrected chi connectivity index (χ1v) is 12.6. The first kappa shape index (κ1) is 25.3. The summed E-state index contributed by atoms with van der Waals surface area (Å²) in [7, 11) is 0. The second-order valence-corrected chi connectivity index (χ2v) is 9.71. The van der Waals surface area contributed by atoms with Gasteiger partial charge in [0.1, 0.15) is 17.9 Å². The van der Waals surface area contributed by atoms with E-state index in [9.17, 15) is 14.4 Å². The van der Waals surface area contributed by atoms with E-state index in [4.69, 9.17) is 16.3 Å². The zero-order valence-corrected chi connectivity index (χ0v) is 22.0. The topological polar surface area (TPSA) is 80.6 Å². The van der Waals surface area contributed by atoms with Gasteiger partial charge in [0, 0.05) is 27.7 Å². The second-order valence-electron chi connectivity index (χ2n) is 9.30. The van der Waals surface area contributed by atoms with Gasteiger partial charge in [-0.2, -0.15) is 0 Å². The number of nitrogens with zero attached hydrogens (tertiary/aromatic N) is 2. The van der Waals surface area contributed by atoms with Gasteiger partial charge < -0.3 is 9.30 Å². The lowest BCUT2D eigenvalue weighted by Crippen LogP contribution is -2.54. The Hall–Kier alpha value is -4.36. The van der Waals surface area contributed by atoms with Crippen LogP contribution in [-0.2, 0) is 16.1 Å². The van der Waals surface area contributed by atoms with Crippen LogP contribution in [0.4, 0.5) is 10.5 Å². The van der Waals surface area contributed by atoms with Crippen LogP contribution in [-0.4, -0.2) is 29.0 Å². The normalized spacial score (nSPS) is 14.9. The molecule has 0 atom stereocenters. The molecule has 8 heteroatoms. The van der Waals surface area contributed by atoms with Gasteiger partial charge in [-0.3, -0.25) is 14.9 Å². The molecule has 1 N–H and O–H groups in total. The van der Waals surface area contributed by atoms with Crippen molar-refractivity contribution in [3.8, 4) is 5.75 Å². The summed E-state index contributed by atoms with van der Waals surface area (Å²) in [6.07, 6.45) is 3.41. The maximum Gasteiger partial charge on any atom is 0.335 e. The number of amides is 4. The van der Waals surface area contributed by atoms with Crippen LogP contribution < -0.4 is 15.0 Å². The number of fused-ring (bicyclic) bond motifs is 1. The molecule has 1 aromatic heterocycles. The van der Waals surface area contributed by atoms with Crippen LogP contribution in [0.2, 0.25) is 5.02 Å². The summed E-state index contributed by atoms with van der Waals surface area (Å²) < 4.78 is 8.05. The third-order valence-corrected chi connectivity index (χ3v) is 6.96. The molecule has 1 aliphatic heterocycles. The monoisotopic (exact) mass is 527 g/mol. The molecule has 0 unspecified atom stereocenters. The van der Waals surface area contributed by atoms with Crippen molar-refractivity contribution in [2.75, 3.05) is 11.5 Å². The number of carbonyl (C=O) groups is 3. The minimum atomic E-state index is -0.817. The smallest absolute Gasteiger partial charge is 0.335 e. The van der Waals surface area contributed by atoms with Crippen LogP contribution in [0.3, 0.4) is 0 Å². The number of aromatic nitrogens is 1. The molecule has 0 bridgehead atoms. The van der Waals surface area contributed by atoms with Gasteiger partial charge in [0.15, 0.2) is 0 Å². The van der Waals surface area contributed by atoms with E-state index < -0.39 is 17.8 Å². The fourth-order valence-corrected chi connectivity index (χ4v) is 4.73. The Morgan fingerprint density at radius 3 is 2.50 bits per heavy atom. The fraction of sp³-hybridized carbons (Fsp3) is 0.167. The Morgan fingerprint density at radius 1 is 0.947 bits per heavy atom. The lowest BCUT2D eigenvalue weighted by molar-refractivity contribution is -0.122. The molecule has 2 heterocycles. The van der Waals surface area contributed by atoms with Gasteiger partial charge in [0.2, 0.25) is 0 Å². The highest BCUT2D eigenvalue weighted by Gasteiger charge is 2.37. The van der Waals surface area contributed by atoms with Crippen LogP contribution in [0.15, 0.2) is 72.4 Å². The maximum absolute atomic E-state index is 13.4. The van der Waals surface area contributed by atoms with Gasteiger partial charge in [0.25, 0.3) is 11.8 Å². The van der Waals surface area contributed by atoms with Crippen molar-refractivity contribution in [2.24, 2.45) is 0 Å². The number of urea groups is 1. The zero-order valence-electron chi connectivity index (χ0n) is 21.2. The van der Waals surface area contributed by atoms with E-state index >= 15 is 0 Å². The van der Waals surface area contributed by atoms with Crippen LogP contribution in [0.1, 0.15) is 22.3 Å². The van der Waals surface area contributed by atoms with Crippen molar-refractivity contribution in [3.63, 3.8) is 0 Å². The Labute approximate surface area is 225 Å². The summed E-state index contributed by atoms with van der Waals surface area (Å²) in [5.41, 5.74) is 4.82. The number of benzene rings is 3. The van der Waals surface area contributed by atoms with Crippen LogP contribution in [0.5, 0.6) is 5.75 Å². The van der Waals surface area contributed by atoms with Gasteiger partial charge in [-0.25, -0.2) is 9.69 Å². The van der Waals surface area contributed by atoms with E-state index in [1.165, 1.54) is 17.7 Å². The molecule has 1 saturated heterocycles. The minimum absolute atomic E-state index is 0.143. The molecule has 3 aromatic carbocycles. The molecule has 5 rings (SSSR count). The highest BCUT2D eigenvalue weighted by Crippen LogP contribution is 2.29. The lowest BCUT2D eigenvalue weighted by Gasteiger charge is -2.26. The van der Waals surface area contributed by atoms with Crippen LogP contribution in [0, 0.1) is 20.8 Å². The number of nitrogens with one attached hydrogen (secondary N) is 1. The first-order valence-electron chi connectivity index (χ1n) is 12.2. The molecule has 1 aliphatic rings. The summed E-state index contributed by atoms with van der Waals surface area (Å²) in [6.45, 7) is 6.88. The number of hydrogen-bond acceptors (Lipinski definition) is 4. The van der Waals surface area contributed by atoms with Gasteiger partial charge in [-0.1, -0.05) is 53.6 Å². The third-order valence-electron chi connectivity index (χ3n) is 6.55. The molecule has 0 radical (unpaired) electrons. The van der Waals surface area contributed by atoms with Crippen LogP contribution >= 0.6 is 11.6 Å². The summed E-state index contributed by atoms with van der Waals surface area (Å²) in [6, 6.07) is 17.8. The number of para-hydroxylation sites is 1. The van der Waals surface area contributed by atoms with E-state index in [2.05, 4.69) is 11.4 Å². The Bertz CT molecular complexity index is 1640. The van der Waals surface area contributed by atoms with E-state index in [0.717, 1.165) is 32.7 Å². The maximum atomic E-state index is 13.4. The second kappa shape index (κ2) is 10.2. The lowest BCUT2D eigenvalue weighted by atomic mass is 10.1. The molecule has 0 saturated carbocycles. The Morgan fingerprint density at radius 2 is 1.74 bits per heavy atom. The van der Waals surface area contributed by atoms with E-state index in [-0.39, 0.29) is 11.3 Å². The number of aryl methyl sites for hydroxylation is 3. The van der Waals surface area contributed by atoms with Crippen molar-refractivity contribution in [1.82, 2.24) is 9.88 Å². The quantitative estimate of drug-likeness (QED) is 0.247. The average Bonchev–Trinajstić information content (AvgIpc) is 3.22. The van der Waals surface area contributed by atoms with E-state index in [1.807, 2.05) is 67.9 Å². The summed E-state index contributed by atoms with van der Waals surface area (Å²) in [5, 5.41) is 3.55. The molecule has 4 aromatic rings. The molecular formula is C30H26ClN3O4. The van der Waals surface area contributed by atoms with E-state index in [1.54, 1.807) is 12.1 Å². The Balaban J connectivity index is 1.45. The number of imide groups is 2. The molecular weight excluding hydrogens is 502 g/mol. The van der Waals surface area contributed by atoms with Crippen molar-refractivity contribution >= 4 is 52.1 Å². The van der Waals surface area contributed by atoms with Crippen molar-refractivity contribution < 1.29 is 19.1 Å². The summed E-state index contributed by atoms with van der Waals surface area (Å²) in [4.78, 5) is 39.6. The highest BCUT2D eigenvalue weighted by atomic mass is 35.5. The van der Waals surface area contributed by atoms with Crippen LogP contribution in [0.25, 0.3) is 17.0 Å². The SMILES string of the molecule is Cc1ccc(OCCn2cc(/C=C3/C(=O)NC(=O)N(c4ccc(C)c(Cl)c4)C3=O)c3ccccc32)c(C)c1. The van der Waals surface area contributed by atoms with Crippen molar-refractivity contribution in [1.29, 1.82) is 0 Å². The largest absolute Gasteiger partial charge is 0.491 e. The number of rotatable bonds is 6. The van der Waals surface area contributed by atoms with Crippen molar-refractivity contribution in [3.05, 3.63) is 99.7 Å². The molecule has 0 spiro atoms. The Kier molecular flexibility index (Phi) is 6.78. The van der Waals surface area contributed by atoms with Gasteiger partial charge in [0.05, 0.1) is 12.2 Å². The summed E-state index contributed by atoms with van der Waals surface area (Å²) >= 11 is 6.22. The predicted octanol–water partition coefficient (Wildman–Crippen LogP) is 5.97. The predicted molar refractivity (Wildman–Crippen MR) is 149 cm³/mol. The fourth-order valence-electron chi connectivity index (χ4n) is 4.56. The highest BCUT2D eigenvalue weighted by molar-refractivity contribution is 6.39. The number of carbonyl (C=O) groups excluding carboxylic acids is 3.